The van der Waals surface area contributed by atoms with Gasteiger partial charge < -0.3 is 14.3 Å². The Labute approximate surface area is 95.3 Å². The van der Waals surface area contributed by atoms with Crippen molar-refractivity contribution in [1.82, 2.24) is 14.9 Å². The Morgan fingerprint density at radius 3 is 3.00 bits per heavy atom. The first-order chi connectivity index (χ1) is 7.85. The first-order valence-corrected chi connectivity index (χ1v) is 5.66. The zero-order chi connectivity index (χ0) is 11.4. The molecule has 0 atom stereocenters. The van der Waals surface area contributed by atoms with Gasteiger partial charge in [0.1, 0.15) is 5.76 Å². The Kier molecular flexibility index (Phi) is 3.41. The lowest BCUT2D eigenvalue weighted by Crippen LogP contribution is -2.10. The quantitative estimate of drug-likeness (QED) is 0.838. The summed E-state index contributed by atoms with van der Waals surface area (Å²) >= 11 is 0. The van der Waals surface area contributed by atoms with Crippen molar-refractivity contribution in [2.75, 3.05) is 6.54 Å². The third kappa shape index (κ3) is 2.17. The Hall–Kier alpha value is -1.55. The number of aromatic nitrogens is 2. The highest BCUT2D eigenvalue weighted by Crippen LogP contribution is 2.20. The number of nitrogens with zero attached hydrogens (tertiary/aromatic N) is 2. The fourth-order valence-corrected chi connectivity index (χ4v) is 1.63. The Bertz CT molecular complexity index is 445. The van der Waals surface area contributed by atoms with Gasteiger partial charge in [-0.25, -0.2) is 4.98 Å². The molecular formula is C12H17N3O. The van der Waals surface area contributed by atoms with Crippen LogP contribution in [-0.4, -0.2) is 16.1 Å². The van der Waals surface area contributed by atoms with Gasteiger partial charge in [-0.05, 0) is 25.6 Å². The average molecular weight is 219 g/mol. The second kappa shape index (κ2) is 4.99. The third-order valence-electron chi connectivity index (χ3n) is 2.49. The van der Waals surface area contributed by atoms with Crippen molar-refractivity contribution < 1.29 is 4.42 Å². The summed E-state index contributed by atoms with van der Waals surface area (Å²) in [5, 5.41) is 3.23. The van der Waals surface area contributed by atoms with E-state index in [0.29, 0.717) is 0 Å². The summed E-state index contributed by atoms with van der Waals surface area (Å²) in [5.41, 5.74) is 0. The maximum absolute atomic E-state index is 5.73. The summed E-state index contributed by atoms with van der Waals surface area (Å²) < 4.78 is 7.79. The molecule has 0 amide bonds. The minimum atomic E-state index is 0.767. The molecule has 4 heteroatoms. The van der Waals surface area contributed by atoms with Gasteiger partial charge >= 0.3 is 0 Å². The fourth-order valence-electron chi connectivity index (χ4n) is 1.63. The normalized spacial score (nSPS) is 10.9. The molecule has 0 saturated carbocycles. The summed E-state index contributed by atoms with van der Waals surface area (Å²) in [6.45, 7) is 6.78. The molecule has 1 N–H and O–H groups in total. The maximum Gasteiger partial charge on any atom is 0.176 e. The van der Waals surface area contributed by atoms with Gasteiger partial charge in [0.05, 0.1) is 6.54 Å². The van der Waals surface area contributed by atoms with Gasteiger partial charge in [-0.1, -0.05) is 6.92 Å². The van der Waals surface area contributed by atoms with E-state index in [4.69, 9.17) is 4.42 Å². The molecule has 4 nitrogen and oxygen atoms in total. The minimum Gasteiger partial charge on any atom is -0.456 e. The van der Waals surface area contributed by atoms with Gasteiger partial charge in [-0.3, -0.25) is 0 Å². The summed E-state index contributed by atoms with van der Waals surface area (Å²) in [5.74, 6) is 2.67. The second-order valence-electron chi connectivity index (χ2n) is 3.58. The van der Waals surface area contributed by atoms with Crippen LogP contribution in [0.1, 0.15) is 19.6 Å². The number of hydrogen-bond donors (Lipinski definition) is 1. The van der Waals surface area contributed by atoms with Crippen molar-refractivity contribution in [2.45, 2.75) is 26.9 Å². The van der Waals surface area contributed by atoms with Crippen LogP contribution in [0.15, 0.2) is 28.9 Å². The smallest absolute Gasteiger partial charge is 0.176 e. The van der Waals surface area contributed by atoms with Gasteiger partial charge in [0.2, 0.25) is 0 Å². The molecule has 0 aliphatic heterocycles. The first-order valence-electron chi connectivity index (χ1n) is 5.66. The standard InChI is InChI=1S/C12H17N3O/c1-3-13-9-10-5-6-11(16-10)12-14-7-8-15(12)4-2/h5-8,13H,3-4,9H2,1-2H3. The molecule has 0 saturated heterocycles. The fraction of sp³-hybridized carbons (Fsp3) is 0.417. The van der Waals surface area contributed by atoms with E-state index < -0.39 is 0 Å². The van der Waals surface area contributed by atoms with Crippen LogP contribution in [0.4, 0.5) is 0 Å². The second-order valence-corrected chi connectivity index (χ2v) is 3.58. The summed E-state index contributed by atoms with van der Waals surface area (Å²) in [6, 6.07) is 3.97. The number of imidazole rings is 1. The molecule has 0 aromatic carbocycles. The van der Waals surface area contributed by atoms with Crippen LogP contribution in [0.25, 0.3) is 11.6 Å². The maximum atomic E-state index is 5.73. The largest absolute Gasteiger partial charge is 0.456 e. The van der Waals surface area contributed by atoms with Crippen LogP contribution >= 0.6 is 0 Å². The first kappa shape index (κ1) is 11.0. The van der Waals surface area contributed by atoms with E-state index in [1.54, 1.807) is 6.20 Å². The molecular weight excluding hydrogens is 202 g/mol. The molecule has 0 radical (unpaired) electrons. The van der Waals surface area contributed by atoms with Gasteiger partial charge in [0.25, 0.3) is 0 Å². The number of aryl methyl sites for hydroxylation is 1. The van der Waals surface area contributed by atoms with Gasteiger partial charge in [0.15, 0.2) is 11.6 Å². The van der Waals surface area contributed by atoms with E-state index >= 15 is 0 Å². The highest BCUT2D eigenvalue weighted by atomic mass is 16.3. The van der Waals surface area contributed by atoms with Crippen molar-refractivity contribution in [2.24, 2.45) is 0 Å². The molecule has 86 valence electrons. The molecule has 2 aromatic rings. The predicted octanol–water partition coefficient (Wildman–Crippen LogP) is 2.27. The van der Waals surface area contributed by atoms with E-state index in [1.807, 2.05) is 18.3 Å². The van der Waals surface area contributed by atoms with Crippen molar-refractivity contribution in [3.05, 3.63) is 30.3 Å². The Morgan fingerprint density at radius 1 is 1.38 bits per heavy atom. The number of rotatable bonds is 5. The minimum absolute atomic E-state index is 0.767. The van der Waals surface area contributed by atoms with Crippen LogP contribution in [0.2, 0.25) is 0 Å². The molecule has 0 aliphatic carbocycles. The molecule has 0 spiro atoms. The summed E-state index contributed by atoms with van der Waals surface area (Å²) in [6.07, 6.45) is 3.76. The number of furan rings is 1. The Morgan fingerprint density at radius 2 is 2.25 bits per heavy atom. The molecule has 16 heavy (non-hydrogen) atoms. The molecule has 2 aromatic heterocycles. The molecule has 2 rings (SSSR count). The van der Waals surface area contributed by atoms with Gasteiger partial charge in [-0.2, -0.15) is 0 Å². The van der Waals surface area contributed by atoms with Crippen LogP contribution in [0.3, 0.4) is 0 Å². The van der Waals surface area contributed by atoms with E-state index in [0.717, 1.165) is 37.0 Å². The van der Waals surface area contributed by atoms with E-state index in [2.05, 4.69) is 28.7 Å². The van der Waals surface area contributed by atoms with Crippen molar-refractivity contribution in [3.8, 4) is 11.6 Å². The van der Waals surface area contributed by atoms with Crippen LogP contribution < -0.4 is 5.32 Å². The molecule has 0 aliphatic rings. The topological polar surface area (TPSA) is 43.0 Å². The van der Waals surface area contributed by atoms with E-state index in [9.17, 15) is 0 Å². The summed E-state index contributed by atoms with van der Waals surface area (Å²) in [7, 11) is 0. The predicted molar refractivity (Wildman–Crippen MR) is 63.0 cm³/mol. The number of nitrogens with one attached hydrogen (secondary N) is 1. The van der Waals surface area contributed by atoms with Crippen LogP contribution in [0.5, 0.6) is 0 Å². The van der Waals surface area contributed by atoms with Crippen LogP contribution in [-0.2, 0) is 13.1 Å². The Balaban J connectivity index is 2.18. The lowest BCUT2D eigenvalue weighted by atomic mass is 10.4. The third-order valence-corrected chi connectivity index (χ3v) is 2.49. The van der Waals surface area contributed by atoms with Crippen LogP contribution in [0, 0.1) is 0 Å². The van der Waals surface area contributed by atoms with E-state index in [1.165, 1.54) is 0 Å². The molecule has 0 bridgehead atoms. The highest BCUT2D eigenvalue weighted by molar-refractivity contribution is 5.47. The molecule has 0 fully saturated rings. The summed E-state index contributed by atoms with van der Waals surface area (Å²) in [4.78, 5) is 4.30. The lowest BCUT2D eigenvalue weighted by Gasteiger charge is -2.01. The van der Waals surface area contributed by atoms with Crippen molar-refractivity contribution >= 4 is 0 Å². The molecule has 0 unspecified atom stereocenters. The van der Waals surface area contributed by atoms with Crippen molar-refractivity contribution in [1.29, 1.82) is 0 Å². The SMILES string of the molecule is CCNCc1ccc(-c2nccn2CC)o1. The van der Waals surface area contributed by atoms with Gasteiger partial charge in [-0.15, -0.1) is 0 Å². The van der Waals surface area contributed by atoms with Gasteiger partial charge in [0, 0.05) is 18.9 Å². The number of hydrogen-bond acceptors (Lipinski definition) is 3. The highest BCUT2D eigenvalue weighted by Gasteiger charge is 2.09. The zero-order valence-corrected chi connectivity index (χ0v) is 9.73. The lowest BCUT2D eigenvalue weighted by molar-refractivity contribution is 0.493. The monoisotopic (exact) mass is 219 g/mol. The van der Waals surface area contributed by atoms with E-state index in [-0.39, 0.29) is 0 Å². The zero-order valence-electron chi connectivity index (χ0n) is 9.73. The molecule has 2 heterocycles. The van der Waals surface area contributed by atoms with Crippen molar-refractivity contribution in [3.63, 3.8) is 0 Å². The average Bonchev–Trinajstić information content (AvgIpc) is 2.94.